The second kappa shape index (κ2) is 16.0. The molecule has 0 aliphatic carbocycles. The third-order valence-electron chi connectivity index (χ3n) is 13.5. The molecule has 69 heavy (non-hydrogen) atoms. The van der Waals surface area contributed by atoms with Crippen molar-refractivity contribution in [2.45, 2.75) is 78.6 Å². The van der Waals surface area contributed by atoms with Gasteiger partial charge in [-0.2, -0.15) is 18.2 Å². The third-order valence-corrected chi connectivity index (χ3v) is 13.5. The van der Waals surface area contributed by atoms with E-state index < -0.39 is 0 Å². The molecule has 0 aliphatic rings. The number of para-hydroxylation sites is 4. The van der Waals surface area contributed by atoms with Gasteiger partial charge in [-0.15, -0.1) is 29.7 Å². The Morgan fingerprint density at radius 3 is 1.94 bits per heavy atom. The molecule has 5 aromatic heterocycles. The summed E-state index contributed by atoms with van der Waals surface area (Å²) in [6.45, 7) is 20.4. The maximum atomic E-state index is 6.78. The van der Waals surface area contributed by atoms with Crippen molar-refractivity contribution in [1.82, 2.24) is 23.5 Å². The molecule has 0 unspecified atom stereocenters. The Hall–Kier alpha value is -7.08. The molecule has 0 spiro atoms. The van der Waals surface area contributed by atoms with Crippen molar-refractivity contribution < 1.29 is 30.4 Å². The van der Waals surface area contributed by atoms with Crippen LogP contribution >= 0.6 is 0 Å². The Kier molecular flexibility index (Phi) is 10.3. The predicted molar refractivity (Wildman–Crippen MR) is 277 cm³/mol. The van der Waals surface area contributed by atoms with E-state index in [4.69, 9.17) is 14.7 Å². The maximum absolute atomic E-state index is 6.78. The Morgan fingerprint density at radius 1 is 0.551 bits per heavy atom. The minimum absolute atomic E-state index is 0. The van der Waals surface area contributed by atoms with Crippen LogP contribution in [0.4, 0.5) is 0 Å². The van der Waals surface area contributed by atoms with E-state index in [1.807, 2.05) is 24.4 Å². The number of fused-ring (bicyclic) bond motifs is 13. The topological polar surface area (TPSA) is 53.2 Å². The monoisotopic (exact) mass is 1080 g/mol. The molecule has 0 fully saturated rings. The van der Waals surface area contributed by atoms with Gasteiger partial charge in [-0.3, -0.25) is 8.97 Å². The Labute approximate surface area is 416 Å². The molecular weight excluding hydrogens is 1030 g/mol. The molecule has 0 N–H and O–H groups in total. The minimum Gasteiger partial charge on any atom is -0.510 e. The molecule has 7 aromatic carbocycles. The average molecular weight is 1080 g/mol. The van der Waals surface area contributed by atoms with Gasteiger partial charge in [0.05, 0.1) is 33.3 Å². The summed E-state index contributed by atoms with van der Waals surface area (Å²) in [4.78, 5) is 10.6. The summed E-state index contributed by atoms with van der Waals surface area (Å²) >= 11 is 0. The summed E-state index contributed by atoms with van der Waals surface area (Å²) in [6.07, 6.45) is 5.70. The fourth-order valence-corrected chi connectivity index (χ4v) is 10.2. The second-order valence-corrected chi connectivity index (χ2v) is 21.2. The summed E-state index contributed by atoms with van der Waals surface area (Å²) < 4.78 is 15.7. The number of nitrogens with zero attached hydrogens (tertiary/aromatic N) is 6. The summed E-state index contributed by atoms with van der Waals surface area (Å²) in [5.41, 5.74) is 13.3. The molecule has 7 nitrogen and oxygen atoms in total. The molecule has 0 amide bonds. The number of ether oxygens (including phenoxy) is 1. The Bertz CT molecular complexity index is 3990. The van der Waals surface area contributed by atoms with Crippen molar-refractivity contribution in [3.8, 4) is 28.7 Å². The molecule has 0 saturated carbocycles. The van der Waals surface area contributed by atoms with E-state index in [1.165, 1.54) is 33.2 Å². The van der Waals surface area contributed by atoms with Crippen molar-refractivity contribution in [3.63, 3.8) is 0 Å². The van der Waals surface area contributed by atoms with Gasteiger partial charge in [0.1, 0.15) is 17.0 Å². The van der Waals surface area contributed by atoms with Crippen LogP contribution in [0.1, 0.15) is 79.0 Å². The van der Waals surface area contributed by atoms with Crippen molar-refractivity contribution >= 4 is 71.2 Å². The van der Waals surface area contributed by atoms with Gasteiger partial charge in [-0.25, -0.2) is 9.97 Å². The summed E-state index contributed by atoms with van der Waals surface area (Å²) in [5.74, 6) is 1.93. The quantitative estimate of drug-likeness (QED) is 0.0980. The van der Waals surface area contributed by atoms with E-state index in [9.17, 15) is 0 Å². The van der Waals surface area contributed by atoms with Crippen LogP contribution in [0.5, 0.6) is 11.5 Å². The van der Waals surface area contributed by atoms with Crippen molar-refractivity contribution in [3.05, 3.63) is 187 Å². The molecule has 344 valence electrons. The number of rotatable bonds is 5. The zero-order valence-corrected chi connectivity index (χ0v) is 42.6. The second-order valence-electron chi connectivity index (χ2n) is 21.2. The van der Waals surface area contributed by atoms with Crippen LogP contribution in [0, 0.1) is 18.5 Å². The van der Waals surface area contributed by atoms with E-state index in [1.54, 1.807) is 0 Å². The summed E-state index contributed by atoms with van der Waals surface area (Å²) in [5, 5.41) is 5.57. The average Bonchev–Trinajstić information content (AvgIpc) is 4.01. The molecule has 0 saturated heterocycles. The molecule has 5 heterocycles. The maximum Gasteiger partial charge on any atom is 0.268 e. The summed E-state index contributed by atoms with van der Waals surface area (Å²) in [6, 6.07) is 58.6. The van der Waals surface area contributed by atoms with E-state index in [-0.39, 0.29) is 37.3 Å². The number of benzene rings is 7. The third kappa shape index (κ3) is 7.15. The molecule has 0 atom stereocenters. The first-order chi connectivity index (χ1) is 32.6. The molecule has 0 bridgehead atoms. The molecule has 12 rings (SSSR count). The van der Waals surface area contributed by atoms with Gasteiger partial charge in [0.25, 0.3) is 6.33 Å². The van der Waals surface area contributed by atoms with E-state index >= 15 is 0 Å². The van der Waals surface area contributed by atoms with Crippen molar-refractivity contribution in [1.29, 1.82) is 0 Å². The van der Waals surface area contributed by atoms with Gasteiger partial charge in [0, 0.05) is 49.5 Å². The van der Waals surface area contributed by atoms with E-state index in [2.05, 4.69) is 226 Å². The number of imidazole rings is 2. The predicted octanol–water partition coefficient (Wildman–Crippen LogP) is 14.6. The van der Waals surface area contributed by atoms with Crippen LogP contribution in [-0.2, 0) is 37.3 Å². The van der Waals surface area contributed by atoms with Gasteiger partial charge in [0.2, 0.25) is 0 Å². The Morgan fingerprint density at radius 2 is 1.20 bits per heavy atom. The van der Waals surface area contributed by atoms with Crippen LogP contribution in [0.3, 0.4) is 0 Å². The van der Waals surface area contributed by atoms with Crippen LogP contribution < -0.4 is 9.30 Å². The first kappa shape index (κ1) is 44.4. The fourth-order valence-electron chi connectivity index (χ4n) is 10.2. The minimum atomic E-state index is -0.0994. The fraction of sp³-hybridized carbons (Fsp3) is 0.197. The standard InChI is InChI=1S/C61H52N6O.Pt/c1-59(2,3)38-32-33-62-54(34-38)67-53-36-41(28-29-44(53)45-30-31-52-55(56(45)67)63-58-46-22-11-10-20-42(46)43-21-12-13-25-49(43)66(52)58)68-40-19-16-18-39(35-40)64-37-65(51-27-15-14-26-50(51)64)57-47(60(4,5)6)23-17-24-48(57)61(7,8)9;/h10-34H,1-9H3;/q-2;. The van der Waals surface area contributed by atoms with Gasteiger partial charge < -0.3 is 13.9 Å². The number of hydrogen-bond acceptors (Lipinski definition) is 3. The van der Waals surface area contributed by atoms with Crippen LogP contribution in [-0.4, -0.2) is 23.5 Å². The zero-order chi connectivity index (χ0) is 46.9. The molecule has 0 radical (unpaired) electrons. The largest absolute Gasteiger partial charge is 0.510 e. The van der Waals surface area contributed by atoms with Gasteiger partial charge in [-0.05, 0) is 73.7 Å². The van der Waals surface area contributed by atoms with Gasteiger partial charge >= 0.3 is 0 Å². The summed E-state index contributed by atoms with van der Waals surface area (Å²) in [7, 11) is 0. The van der Waals surface area contributed by atoms with Crippen LogP contribution in [0.2, 0.25) is 0 Å². The van der Waals surface area contributed by atoms with Crippen molar-refractivity contribution in [2.24, 2.45) is 0 Å². The van der Waals surface area contributed by atoms with Crippen LogP contribution in [0.25, 0.3) is 88.4 Å². The first-order valence-electron chi connectivity index (χ1n) is 23.5. The smallest absolute Gasteiger partial charge is 0.268 e. The van der Waals surface area contributed by atoms with Crippen molar-refractivity contribution in [2.75, 3.05) is 0 Å². The molecule has 0 aliphatic heterocycles. The molecular formula is C61H52N6OPt-2. The van der Waals surface area contributed by atoms with E-state index in [0.29, 0.717) is 11.5 Å². The number of pyridine rings is 2. The normalized spacial score (nSPS) is 12.6. The SMILES string of the molecule is CC(C)(C)c1ccnc(-n2c3[c-]c(Oc4[c-]c(-n5[c-][n+](-c6c(C(C)(C)C)cccc6C(C)(C)C)c6ccccc65)ccc4)ccc3c3ccc4c(nc5c6ccccc6c6ccccc6n45)c32)c1.[Pt]. The zero-order valence-electron chi connectivity index (χ0n) is 40.3. The molecule has 8 heteroatoms. The van der Waals surface area contributed by atoms with Gasteiger partial charge in [0.15, 0.2) is 0 Å². The molecule has 12 aromatic rings. The van der Waals surface area contributed by atoms with E-state index in [0.717, 1.165) is 71.9 Å². The van der Waals surface area contributed by atoms with Crippen LogP contribution in [0.15, 0.2) is 152 Å². The number of hydrogen-bond donors (Lipinski definition) is 0. The van der Waals surface area contributed by atoms with Gasteiger partial charge in [-0.1, -0.05) is 159 Å². The first-order valence-corrected chi connectivity index (χ1v) is 23.5. The Balaban J connectivity index is 0.00000520. The number of aromatic nitrogens is 6.